The minimum Gasteiger partial charge on any atom is -0.333 e. The highest BCUT2D eigenvalue weighted by atomic mass is 35.5. The van der Waals surface area contributed by atoms with Crippen molar-refractivity contribution in [3.05, 3.63) is 34.9 Å². The van der Waals surface area contributed by atoms with Crippen LogP contribution in [0, 0.1) is 0 Å². The van der Waals surface area contributed by atoms with Crippen molar-refractivity contribution >= 4 is 17.5 Å². The maximum Gasteiger partial charge on any atom is 0.254 e. The van der Waals surface area contributed by atoms with Gasteiger partial charge in [-0.25, -0.2) is 0 Å². The predicted molar refractivity (Wildman–Crippen MR) is 91.4 cm³/mol. The molecule has 1 aromatic carbocycles. The monoisotopic (exact) mass is 319 g/mol. The zero-order valence-corrected chi connectivity index (χ0v) is 14.0. The van der Waals surface area contributed by atoms with E-state index in [4.69, 9.17) is 11.6 Å². The first-order valence-corrected chi connectivity index (χ1v) is 9.22. The SMILES string of the molecule is O=C(c1ccc(Cl)cc1)N(C1CCCCC1)C1CCCCC1. The molecule has 0 unspecified atom stereocenters. The van der Waals surface area contributed by atoms with Crippen LogP contribution in [-0.4, -0.2) is 22.9 Å². The lowest BCUT2D eigenvalue weighted by atomic mass is 9.88. The summed E-state index contributed by atoms with van der Waals surface area (Å²) in [5.41, 5.74) is 0.792. The van der Waals surface area contributed by atoms with Crippen molar-refractivity contribution in [2.45, 2.75) is 76.3 Å². The van der Waals surface area contributed by atoms with Crippen LogP contribution in [0.15, 0.2) is 24.3 Å². The zero-order valence-electron chi connectivity index (χ0n) is 13.3. The van der Waals surface area contributed by atoms with Gasteiger partial charge in [-0.2, -0.15) is 0 Å². The van der Waals surface area contributed by atoms with Crippen LogP contribution < -0.4 is 0 Å². The number of rotatable bonds is 3. The average molecular weight is 320 g/mol. The van der Waals surface area contributed by atoms with Gasteiger partial charge in [0.25, 0.3) is 5.91 Å². The minimum atomic E-state index is 0.218. The second-order valence-corrected chi connectivity index (χ2v) is 7.24. The molecule has 0 spiro atoms. The summed E-state index contributed by atoms with van der Waals surface area (Å²) in [7, 11) is 0. The molecular formula is C19H26ClNO. The Hall–Kier alpha value is -1.02. The number of carbonyl (C=O) groups is 1. The first-order chi connectivity index (χ1) is 10.8. The minimum absolute atomic E-state index is 0.218. The van der Waals surface area contributed by atoms with E-state index in [0.717, 1.165) is 5.56 Å². The van der Waals surface area contributed by atoms with E-state index in [1.807, 2.05) is 24.3 Å². The normalized spacial score (nSPS) is 20.8. The standard InChI is InChI=1S/C19H26ClNO/c20-16-13-11-15(12-14-16)19(22)21(17-7-3-1-4-8-17)18-9-5-2-6-10-18/h11-14,17-18H,1-10H2. The smallest absolute Gasteiger partial charge is 0.254 e. The van der Waals surface area contributed by atoms with Gasteiger partial charge >= 0.3 is 0 Å². The Kier molecular flexibility index (Phi) is 5.41. The fourth-order valence-electron chi connectivity index (χ4n) is 4.09. The van der Waals surface area contributed by atoms with Crippen LogP contribution in [0.2, 0.25) is 5.02 Å². The summed E-state index contributed by atoms with van der Waals surface area (Å²) in [4.78, 5) is 15.4. The highest BCUT2D eigenvalue weighted by Gasteiger charge is 2.32. The van der Waals surface area contributed by atoms with Gasteiger partial charge in [0.2, 0.25) is 0 Å². The summed E-state index contributed by atoms with van der Waals surface area (Å²) in [5.74, 6) is 0.218. The van der Waals surface area contributed by atoms with Crippen LogP contribution in [0.3, 0.4) is 0 Å². The van der Waals surface area contributed by atoms with E-state index < -0.39 is 0 Å². The van der Waals surface area contributed by atoms with Gasteiger partial charge in [0.1, 0.15) is 0 Å². The molecule has 22 heavy (non-hydrogen) atoms. The molecule has 120 valence electrons. The molecule has 3 rings (SSSR count). The molecule has 2 fully saturated rings. The van der Waals surface area contributed by atoms with Crippen molar-refractivity contribution in [1.82, 2.24) is 4.90 Å². The fraction of sp³-hybridized carbons (Fsp3) is 0.632. The van der Waals surface area contributed by atoms with Gasteiger partial charge in [-0.3, -0.25) is 4.79 Å². The van der Waals surface area contributed by atoms with Crippen molar-refractivity contribution in [1.29, 1.82) is 0 Å². The van der Waals surface area contributed by atoms with Crippen LogP contribution in [0.25, 0.3) is 0 Å². The van der Waals surface area contributed by atoms with E-state index in [2.05, 4.69) is 4.90 Å². The lowest BCUT2D eigenvalue weighted by Crippen LogP contribution is -2.48. The van der Waals surface area contributed by atoms with E-state index in [0.29, 0.717) is 17.1 Å². The number of hydrogen-bond donors (Lipinski definition) is 0. The number of amides is 1. The van der Waals surface area contributed by atoms with Crippen molar-refractivity contribution in [2.24, 2.45) is 0 Å². The molecule has 1 aromatic rings. The number of carbonyl (C=O) groups excluding carboxylic acids is 1. The summed E-state index contributed by atoms with van der Waals surface area (Å²) in [5, 5.41) is 0.693. The van der Waals surface area contributed by atoms with Gasteiger partial charge in [-0.05, 0) is 49.9 Å². The lowest BCUT2D eigenvalue weighted by molar-refractivity contribution is 0.0448. The number of nitrogens with zero attached hydrogens (tertiary/aromatic N) is 1. The largest absolute Gasteiger partial charge is 0.333 e. The highest BCUT2D eigenvalue weighted by Crippen LogP contribution is 2.31. The molecule has 2 nitrogen and oxygen atoms in total. The van der Waals surface area contributed by atoms with Crippen molar-refractivity contribution < 1.29 is 4.79 Å². The summed E-state index contributed by atoms with van der Waals surface area (Å²) < 4.78 is 0. The Morgan fingerprint density at radius 3 is 1.73 bits per heavy atom. The number of halogens is 1. The molecule has 0 heterocycles. The van der Waals surface area contributed by atoms with Gasteiger partial charge in [0.15, 0.2) is 0 Å². The second-order valence-electron chi connectivity index (χ2n) is 6.80. The van der Waals surface area contributed by atoms with Gasteiger partial charge < -0.3 is 4.90 Å². The molecular weight excluding hydrogens is 294 g/mol. The third kappa shape index (κ3) is 3.65. The molecule has 3 heteroatoms. The Balaban J connectivity index is 1.82. The summed E-state index contributed by atoms with van der Waals surface area (Å²) in [6.07, 6.45) is 12.4. The molecule has 2 aliphatic rings. The lowest BCUT2D eigenvalue weighted by Gasteiger charge is -2.42. The Morgan fingerprint density at radius 2 is 1.27 bits per heavy atom. The fourth-order valence-corrected chi connectivity index (χ4v) is 4.22. The molecule has 2 saturated carbocycles. The zero-order chi connectivity index (χ0) is 15.4. The Bertz CT molecular complexity index is 469. The van der Waals surface area contributed by atoms with Crippen LogP contribution in [0.4, 0.5) is 0 Å². The molecule has 0 aliphatic heterocycles. The summed E-state index contributed by atoms with van der Waals surface area (Å²) in [6, 6.07) is 8.30. The number of hydrogen-bond acceptors (Lipinski definition) is 1. The topological polar surface area (TPSA) is 20.3 Å². The molecule has 2 aliphatic carbocycles. The Labute approximate surface area is 138 Å². The molecule has 1 amide bonds. The van der Waals surface area contributed by atoms with E-state index in [9.17, 15) is 4.79 Å². The molecule has 0 N–H and O–H groups in total. The summed E-state index contributed by atoms with van der Waals surface area (Å²) >= 11 is 5.97. The predicted octanol–water partition coefficient (Wildman–Crippen LogP) is 5.45. The van der Waals surface area contributed by atoms with Gasteiger partial charge in [-0.1, -0.05) is 50.1 Å². The molecule has 0 saturated heterocycles. The van der Waals surface area contributed by atoms with Crippen LogP contribution in [-0.2, 0) is 0 Å². The quantitative estimate of drug-likeness (QED) is 0.725. The second kappa shape index (κ2) is 7.50. The first-order valence-electron chi connectivity index (χ1n) is 8.84. The van der Waals surface area contributed by atoms with Gasteiger partial charge in [-0.15, -0.1) is 0 Å². The molecule has 0 radical (unpaired) electrons. The number of benzene rings is 1. The maximum atomic E-state index is 13.1. The maximum absolute atomic E-state index is 13.1. The van der Waals surface area contributed by atoms with Crippen LogP contribution >= 0.6 is 11.6 Å². The molecule has 0 bridgehead atoms. The van der Waals surface area contributed by atoms with Gasteiger partial charge in [0.05, 0.1) is 0 Å². The van der Waals surface area contributed by atoms with E-state index in [1.165, 1.54) is 64.2 Å². The first kappa shape index (κ1) is 15.9. The third-order valence-electron chi connectivity index (χ3n) is 5.26. The van der Waals surface area contributed by atoms with Crippen LogP contribution in [0.1, 0.15) is 74.6 Å². The van der Waals surface area contributed by atoms with Crippen molar-refractivity contribution in [3.63, 3.8) is 0 Å². The van der Waals surface area contributed by atoms with Gasteiger partial charge in [0, 0.05) is 22.7 Å². The average Bonchev–Trinajstić information content (AvgIpc) is 2.57. The highest BCUT2D eigenvalue weighted by molar-refractivity contribution is 6.30. The van der Waals surface area contributed by atoms with E-state index in [1.54, 1.807) is 0 Å². The van der Waals surface area contributed by atoms with Crippen LogP contribution in [0.5, 0.6) is 0 Å². The third-order valence-corrected chi connectivity index (χ3v) is 5.51. The molecule has 0 atom stereocenters. The van der Waals surface area contributed by atoms with E-state index >= 15 is 0 Å². The van der Waals surface area contributed by atoms with Crippen molar-refractivity contribution in [3.8, 4) is 0 Å². The Morgan fingerprint density at radius 1 is 0.818 bits per heavy atom. The van der Waals surface area contributed by atoms with E-state index in [-0.39, 0.29) is 5.91 Å². The van der Waals surface area contributed by atoms with Crippen molar-refractivity contribution in [2.75, 3.05) is 0 Å². The summed E-state index contributed by atoms with van der Waals surface area (Å²) in [6.45, 7) is 0. The molecule has 0 aromatic heterocycles.